The van der Waals surface area contributed by atoms with Gasteiger partial charge in [0.1, 0.15) is 0 Å². The van der Waals surface area contributed by atoms with Gasteiger partial charge in [-0.25, -0.2) is 8.42 Å². The van der Waals surface area contributed by atoms with Crippen molar-refractivity contribution in [3.05, 3.63) is 44.6 Å². The summed E-state index contributed by atoms with van der Waals surface area (Å²) in [4.78, 5) is 2.46. The maximum Gasteiger partial charge on any atom is 0.229 e. The number of nitrogens with one attached hydrogen (secondary N) is 2. The summed E-state index contributed by atoms with van der Waals surface area (Å²) in [5.74, 6) is 0. The Labute approximate surface area is 131 Å². The summed E-state index contributed by atoms with van der Waals surface area (Å²) in [6, 6.07) is 9.30. The number of rotatable bonds is 5. The van der Waals surface area contributed by atoms with Gasteiger partial charge in [-0.3, -0.25) is 4.72 Å². The lowest BCUT2D eigenvalue weighted by molar-refractivity contribution is 0.607. The molecule has 4 nitrogen and oxygen atoms in total. The minimum atomic E-state index is -3.25. The van der Waals surface area contributed by atoms with Crippen LogP contribution in [0.4, 0.5) is 11.4 Å². The van der Waals surface area contributed by atoms with Crippen LogP contribution < -0.4 is 10.0 Å². The van der Waals surface area contributed by atoms with Gasteiger partial charge in [-0.15, -0.1) is 11.3 Å². The van der Waals surface area contributed by atoms with Crippen molar-refractivity contribution in [2.75, 3.05) is 16.3 Å². The Hall–Kier alpha value is -1.05. The molecule has 0 fully saturated rings. The average Bonchev–Trinajstić information content (AvgIpc) is 2.65. The van der Waals surface area contributed by atoms with Gasteiger partial charge in [0.2, 0.25) is 10.0 Å². The van der Waals surface area contributed by atoms with Crippen LogP contribution >= 0.6 is 27.3 Å². The maximum atomic E-state index is 11.2. The average molecular weight is 375 g/mol. The van der Waals surface area contributed by atoms with E-state index in [1.807, 2.05) is 12.1 Å². The Bertz CT molecular complexity index is 691. The Morgan fingerprint density at radius 1 is 1.25 bits per heavy atom. The van der Waals surface area contributed by atoms with Gasteiger partial charge in [0.05, 0.1) is 11.9 Å². The lowest BCUT2D eigenvalue weighted by Gasteiger charge is -2.08. The van der Waals surface area contributed by atoms with Crippen molar-refractivity contribution in [3.63, 3.8) is 0 Å². The Morgan fingerprint density at radius 2 is 1.95 bits per heavy atom. The first-order chi connectivity index (χ1) is 9.33. The molecule has 0 atom stereocenters. The van der Waals surface area contributed by atoms with Crippen LogP contribution in [0.3, 0.4) is 0 Å². The molecule has 0 saturated heterocycles. The van der Waals surface area contributed by atoms with E-state index in [9.17, 15) is 8.42 Å². The standard InChI is InChI=1S/C13H15BrN2O2S2/c1-9-13(14)7-12(19-9)8-15-10-4-3-5-11(6-10)16-20(2,17)18/h3-7,15-16H,8H2,1-2H3. The first kappa shape index (κ1) is 15.3. The Kier molecular flexibility index (Phi) is 4.72. The van der Waals surface area contributed by atoms with Crippen molar-refractivity contribution < 1.29 is 8.42 Å². The van der Waals surface area contributed by atoms with E-state index in [2.05, 4.69) is 39.0 Å². The highest BCUT2D eigenvalue weighted by Gasteiger charge is 2.04. The summed E-state index contributed by atoms with van der Waals surface area (Å²) in [7, 11) is -3.25. The number of benzene rings is 1. The van der Waals surface area contributed by atoms with E-state index in [4.69, 9.17) is 0 Å². The molecule has 7 heteroatoms. The van der Waals surface area contributed by atoms with E-state index in [0.717, 1.165) is 16.4 Å². The van der Waals surface area contributed by atoms with E-state index in [-0.39, 0.29) is 0 Å². The zero-order chi connectivity index (χ0) is 14.8. The number of hydrogen-bond acceptors (Lipinski definition) is 4. The van der Waals surface area contributed by atoms with Crippen molar-refractivity contribution >= 4 is 48.7 Å². The third-order valence-electron chi connectivity index (χ3n) is 2.54. The second-order valence-electron chi connectivity index (χ2n) is 4.43. The zero-order valence-electron chi connectivity index (χ0n) is 11.1. The van der Waals surface area contributed by atoms with Crippen LogP contribution in [0.1, 0.15) is 9.75 Å². The van der Waals surface area contributed by atoms with Crippen molar-refractivity contribution in [2.45, 2.75) is 13.5 Å². The van der Waals surface area contributed by atoms with Crippen LogP contribution in [0.15, 0.2) is 34.8 Å². The minimum absolute atomic E-state index is 0.557. The van der Waals surface area contributed by atoms with Crippen LogP contribution in [-0.2, 0) is 16.6 Å². The zero-order valence-corrected chi connectivity index (χ0v) is 14.3. The van der Waals surface area contributed by atoms with Crippen LogP contribution in [-0.4, -0.2) is 14.7 Å². The predicted octanol–water partition coefficient (Wildman–Crippen LogP) is 3.80. The first-order valence-corrected chi connectivity index (χ1v) is 9.40. The first-order valence-electron chi connectivity index (χ1n) is 5.90. The number of halogens is 1. The monoisotopic (exact) mass is 374 g/mol. The van der Waals surface area contributed by atoms with Gasteiger partial charge in [-0.05, 0) is 47.1 Å². The summed E-state index contributed by atoms with van der Waals surface area (Å²) >= 11 is 5.22. The molecule has 1 aromatic heterocycles. The highest BCUT2D eigenvalue weighted by Crippen LogP contribution is 2.27. The molecule has 0 aliphatic heterocycles. The molecule has 0 saturated carbocycles. The van der Waals surface area contributed by atoms with Gasteiger partial charge in [-0.1, -0.05) is 6.07 Å². The molecule has 2 aromatic rings. The molecule has 1 heterocycles. The predicted molar refractivity (Wildman–Crippen MR) is 89.0 cm³/mol. The van der Waals surface area contributed by atoms with Crippen molar-refractivity contribution in [1.82, 2.24) is 0 Å². The molecule has 0 bridgehead atoms. The lowest BCUT2D eigenvalue weighted by Crippen LogP contribution is -2.09. The number of hydrogen-bond donors (Lipinski definition) is 2. The molecule has 2 N–H and O–H groups in total. The van der Waals surface area contributed by atoms with Crippen LogP contribution in [0.5, 0.6) is 0 Å². The smallest absolute Gasteiger partial charge is 0.229 e. The molecule has 0 aliphatic rings. The van der Waals surface area contributed by atoms with E-state index >= 15 is 0 Å². The second-order valence-corrected chi connectivity index (χ2v) is 8.37. The van der Waals surface area contributed by atoms with Gasteiger partial charge < -0.3 is 5.32 Å². The van der Waals surface area contributed by atoms with Gasteiger partial charge in [0.15, 0.2) is 0 Å². The van der Waals surface area contributed by atoms with Crippen molar-refractivity contribution in [1.29, 1.82) is 0 Å². The maximum absolute atomic E-state index is 11.2. The van der Waals surface area contributed by atoms with Crippen molar-refractivity contribution in [3.8, 4) is 0 Å². The molecule has 0 amide bonds. The van der Waals surface area contributed by atoms with Crippen LogP contribution in [0, 0.1) is 6.92 Å². The van der Waals surface area contributed by atoms with Gasteiger partial charge in [0, 0.05) is 26.5 Å². The lowest BCUT2D eigenvalue weighted by atomic mass is 10.3. The van der Waals surface area contributed by atoms with E-state index < -0.39 is 10.0 Å². The normalized spacial score (nSPS) is 11.3. The molecule has 0 spiro atoms. The van der Waals surface area contributed by atoms with Crippen molar-refractivity contribution in [2.24, 2.45) is 0 Å². The highest BCUT2D eigenvalue weighted by molar-refractivity contribution is 9.10. The largest absolute Gasteiger partial charge is 0.380 e. The molecule has 108 valence electrons. The SMILES string of the molecule is Cc1sc(CNc2cccc(NS(C)(=O)=O)c2)cc1Br. The molecule has 0 aliphatic carbocycles. The second kappa shape index (κ2) is 6.15. The number of anilines is 2. The fourth-order valence-electron chi connectivity index (χ4n) is 1.70. The van der Waals surface area contributed by atoms with E-state index in [0.29, 0.717) is 12.2 Å². The molecule has 20 heavy (non-hydrogen) atoms. The number of thiophene rings is 1. The quantitative estimate of drug-likeness (QED) is 0.836. The van der Waals surface area contributed by atoms with Gasteiger partial charge in [0.25, 0.3) is 0 Å². The summed E-state index contributed by atoms with van der Waals surface area (Å²) in [5.41, 5.74) is 1.43. The molecule has 1 aromatic carbocycles. The third kappa shape index (κ3) is 4.50. The van der Waals surface area contributed by atoms with Gasteiger partial charge >= 0.3 is 0 Å². The number of sulfonamides is 1. The third-order valence-corrected chi connectivity index (χ3v) is 5.28. The molecular formula is C13H15BrN2O2S2. The topological polar surface area (TPSA) is 58.2 Å². The summed E-state index contributed by atoms with van der Waals surface area (Å²) in [5, 5.41) is 3.28. The van der Waals surface area contributed by atoms with Gasteiger partial charge in [-0.2, -0.15) is 0 Å². The molecular weight excluding hydrogens is 360 g/mol. The molecule has 0 radical (unpaired) electrons. The summed E-state index contributed by atoms with van der Waals surface area (Å²) in [6.45, 7) is 2.77. The summed E-state index contributed by atoms with van der Waals surface area (Å²) < 4.78 is 26.0. The Morgan fingerprint density at radius 3 is 2.55 bits per heavy atom. The molecule has 2 rings (SSSR count). The highest BCUT2D eigenvalue weighted by atomic mass is 79.9. The van der Waals surface area contributed by atoms with E-state index in [1.165, 1.54) is 9.75 Å². The minimum Gasteiger partial charge on any atom is -0.380 e. The number of aryl methyl sites for hydroxylation is 1. The summed E-state index contributed by atoms with van der Waals surface area (Å²) in [6.07, 6.45) is 1.14. The van der Waals surface area contributed by atoms with E-state index in [1.54, 1.807) is 23.5 Å². The van der Waals surface area contributed by atoms with Crippen LogP contribution in [0.25, 0.3) is 0 Å². The molecule has 0 unspecified atom stereocenters. The van der Waals surface area contributed by atoms with Crippen LogP contribution in [0.2, 0.25) is 0 Å². The Balaban J connectivity index is 2.04. The fourth-order valence-corrected chi connectivity index (χ4v) is 3.80. The fraction of sp³-hybridized carbons (Fsp3) is 0.231.